The van der Waals surface area contributed by atoms with Crippen molar-refractivity contribution in [2.45, 2.75) is 40.2 Å². The molecule has 4 nitrogen and oxygen atoms in total. The molecule has 1 atom stereocenters. The van der Waals surface area contributed by atoms with Gasteiger partial charge in [0.05, 0.1) is 4.88 Å². The molecule has 0 spiro atoms. The molecule has 0 aliphatic heterocycles. The van der Waals surface area contributed by atoms with E-state index in [9.17, 15) is 4.79 Å². The molecule has 2 heterocycles. The molecule has 0 fully saturated rings. The molecule has 1 N–H and O–H groups in total. The average molecular weight is 418 g/mol. The molecule has 0 bridgehead atoms. The summed E-state index contributed by atoms with van der Waals surface area (Å²) >= 11 is 4.88. The summed E-state index contributed by atoms with van der Waals surface area (Å²) < 4.78 is 1.06. The molecule has 25 heavy (non-hydrogen) atoms. The highest BCUT2D eigenvalue weighted by molar-refractivity contribution is 9.10. The van der Waals surface area contributed by atoms with Crippen molar-refractivity contribution in [2.75, 3.05) is 0 Å². The summed E-state index contributed by atoms with van der Waals surface area (Å²) in [4.78, 5) is 23.2. The molecule has 0 radical (unpaired) electrons. The zero-order valence-electron chi connectivity index (χ0n) is 14.7. The zero-order chi connectivity index (χ0) is 18.1. The maximum Gasteiger partial charge on any atom is 0.261 e. The third-order valence-corrected chi connectivity index (χ3v) is 5.83. The fourth-order valence-electron chi connectivity index (χ4n) is 3.00. The minimum atomic E-state index is -0.0397. The number of nitrogens with one attached hydrogen (secondary N) is 1. The van der Waals surface area contributed by atoms with Crippen LogP contribution in [-0.4, -0.2) is 21.9 Å². The number of nitrogens with zero attached hydrogens (tertiary/aromatic N) is 2. The zero-order valence-corrected chi connectivity index (χ0v) is 17.1. The lowest BCUT2D eigenvalue weighted by Crippen LogP contribution is -2.33. The third-order valence-electron chi connectivity index (χ3n) is 4.12. The van der Waals surface area contributed by atoms with Gasteiger partial charge in [0.1, 0.15) is 10.7 Å². The van der Waals surface area contributed by atoms with Gasteiger partial charge < -0.3 is 5.32 Å². The largest absolute Gasteiger partial charge is 0.349 e. The minimum absolute atomic E-state index is 0.0397. The minimum Gasteiger partial charge on any atom is -0.349 e. The standard InChI is InChI=1S/C19H20BrN3OS/c1-10(9-14-5-7-15(20)8-6-14)21-18(24)17-11(2)16-12(3)22-13(4)23-19(16)25-17/h5-8,10H,9H2,1-4H3,(H,21,24). The molecule has 1 unspecified atom stereocenters. The summed E-state index contributed by atoms with van der Waals surface area (Å²) in [6.07, 6.45) is 0.793. The monoisotopic (exact) mass is 417 g/mol. The van der Waals surface area contributed by atoms with Gasteiger partial charge in [-0.15, -0.1) is 11.3 Å². The molecule has 0 aliphatic carbocycles. The van der Waals surface area contributed by atoms with E-state index in [4.69, 9.17) is 0 Å². The lowest BCUT2D eigenvalue weighted by molar-refractivity contribution is 0.0944. The van der Waals surface area contributed by atoms with Gasteiger partial charge in [-0.3, -0.25) is 4.79 Å². The fourth-order valence-corrected chi connectivity index (χ4v) is 4.45. The van der Waals surface area contributed by atoms with Crippen LogP contribution in [0.2, 0.25) is 0 Å². The van der Waals surface area contributed by atoms with E-state index in [0.717, 1.165) is 43.1 Å². The Morgan fingerprint density at radius 3 is 2.56 bits per heavy atom. The Kier molecular flexibility index (Phi) is 5.20. The van der Waals surface area contributed by atoms with Crippen LogP contribution < -0.4 is 5.32 Å². The van der Waals surface area contributed by atoms with Crippen LogP contribution in [0.1, 0.15) is 39.2 Å². The molecule has 3 rings (SSSR count). The van der Waals surface area contributed by atoms with E-state index in [1.807, 2.05) is 39.8 Å². The lowest BCUT2D eigenvalue weighted by Gasteiger charge is -2.14. The molecule has 1 amide bonds. The summed E-state index contributed by atoms with van der Waals surface area (Å²) in [5, 5.41) is 4.11. The molecule has 0 aliphatic rings. The Hall–Kier alpha value is -1.79. The van der Waals surface area contributed by atoms with Crippen molar-refractivity contribution in [1.82, 2.24) is 15.3 Å². The van der Waals surface area contributed by atoms with Crippen molar-refractivity contribution in [2.24, 2.45) is 0 Å². The molecule has 3 aromatic rings. The molecule has 130 valence electrons. The Morgan fingerprint density at radius 2 is 1.88 bits per heavy atom. The van der Waals surface area contributed by atoms with Crippen LogP contribution >= 0.6 is 27.3 Å². The number of amides is 1. The van der Waals surface area contributed by atoms with Crippen LogP contribution in [0.3, 0.4) is 0 Å². The molecule has 0 saturated carbocycles. The van der Waals surface area contributed by atoms with Crippen LogP contribution in [0.4, 0.5) is 0 Å². The highest BCUT2D eigenvalue weighted by Crippen LogP contribution is 2.31. The van der Waals surface area contributed by atoms with Gasteiger partial charge in [0, 0.05) is 21.6 Å². The number of aromatic nitrogens is 2. The van der Waals surface area contributed by atoms with Crippen LogP contribution in [-0.2, 0) is 6.42 Å². The van der Waals surface area contributed by atoms with Gasteiger partial charge >= 0.3 is 0 Å². The van der Waals surface area contributed by atoms with E-state index in [1.54, 1.807) is 0 Å². The number of carbonyl (C=O) groups excluding carboxylic acids is 1. The van der Waals surface area contributed by atoms with E-state index < -0.39 is 0 Å². The van der Waals surface area contributed by atoms with E-state index in [1.165, 1.54) is 16.9 Å². The number of thiophene rings is 1. The maximum absolute atomic E-state index is 12.7. The van der Waals surface area contributed by atoms with Crippen LogP contribution in [0.15, 0.2) is 28.7 Å². The fraction of sp³-hybridized carbons (Fsp3) is 0.316. The Balaban J connectivity index is 1.79. The summed E-state index contributed by atoms with van der Waals surface area (Å²) in [6.45, 7) is 7.84. The topological polar surface area (TPSA) is 54.9 Å². The van der Waals surface area contributed by atoms with Gasteiger partial charge in [-0.05, 0) is 57.4 Å². The predicted molar refractivity (Wildman–Crippen MR) is 106 cm³/mol. The smallest absolute Gasteiger partial charge is 0.261 e. The number of aryl methyl sites for hydroxylation is 3. The highest BCUT2D eigenvalue weighted by atomic mass is 79.9. The van der Waals surface area contributed by atoms with E-state index >= 15 is 0 Å². The number of rotatable bonds is 4. The van der Waals surface area contributed by atoms with Crippen molar-refractivity contribution >= 4 is 43.4 Å². The molecular weight excluding hydrogens is 398 g/mol. The summed E-state index contributed by atoms with van der Waals surface area (Å²) in [5.74, 6) is 0.698. The normalized spacial score (nSPS) is 12.4. The second kappa shape index (κ2) is 7.22. The SMILES string of the molecule is Cc1nc(C)c2c(C)c(C(=O)NC(C)Cc3ccc(Br)cc3)sc2n1. The second-order valence-corrected chi connectivity index (χ2v) is 8.21. The number of halogens is 1. The molecule has 1 aromatic carbocycles. The van der Waals surface area contributed by atoms with Crippen molar-refractivity contribution in [3.63, 3.8) is 0 Å². The summed E-state index contributed by atoms with van der Waals surface area (Å²) in [7, 11) is 0. The van der Waals surface area contributed by atoms with Crippen molar-refractivity contribution in [1.29, 1.82) is 0 Å². The third kappa shape index (κ3) is 3.90. The number of fused-ring (bicyclic) bond motifs is 1. The average Bonchev–Trinajstić information content (AvgIpc) is 2.86. The molecule has 2 aromatic heterocycles. The molecule has 0 saturated heterocycles. The quantitative estimate of drug-likeness (QED) is 0.666. The van der Waals surface area contributed by atoms with Crippen LogP contribution in [0.5, 0.6) is 0 Å². The number of hydrogen-bond donors (Lipinski definition) is 1. The van der Waals surface area contributed by atoms with E-state index in [0.29, 0.717) is 0 Å². The Bertz CT molecular complexity index is 934. The Labute approximate surface area is 159 Å². The highest BCUT2D eigenvalue weighted by Gasteiger charge is 2.20. The van der Waals surface area contributed by atoms with Gasteiger partial charge in [-0.1, -0.05) is 28.1 Å². The van der Waals surface area contributed by atoms with E-state index in [-0.39, 0.29) is 11.9 Å². The summed E-state index contributed by atoms with van der Waals surface area (Å²) in [5.41, 5.74) is 3.09. The van der Waals surface area contributed by atoms with Gasteiger partial charge in [0.15, 0.2) is 0 Å². The molecule has 6 heteroatoms. The van der Waals surface area contributed by atoms with Gasteiger partial charge in [-0.25, -0.2) is 9.97 Å². The van der Waals surface area contributed by atoms with E-state index in [2.05, 4.69) is 43.3 Å². The van der Waals surface area contributed by atoms with Crippen LogP contribution in [0.25, 0.3) is 10.2 Å². The first-order valence-corrected chi connectivity index (χ1v) is 9.75. The van der Waals surface area contributed by atoms with Crippen molar-refractivity contribution < 1.29 is 4.79 Å². The predicted octanol–water partition coefficient (Wildman–Crippen LogP) is 4.74. The summed E-state index contributed by atoms with van der Waals surface area (Å²) in [6, 6.07) is 8.22. The van der Waals surface area contributed by atoms with Crippen molar-refractivity contribution in [3.8, 4) is 0 Å². The number of carbonyl (C=O) groups is 1. The van der Waals surface area contributed by atoms with Gasteiger partial charge in [-0.2, -0.15) is 0 Å². The first kappa shape index (κ1) is 18.0. The van der Waals surface area contributed by atoms with Crippen LogP contribution in [0, 0.1) is 20.8 Å². The first-order chi connectivity index (χ1) is 11.8. The van der Waals surface area contributed by atoms with Gasteiger partial charge in [0.25, 0.3) is 5.91 Å². The second-order valence-electron chi connectivity index (χ2n) is 6.30. The number of benzene rings is 1. The van der Waals surface area contributed by atoms with Crippen molar-refractivity contribution in [3.05, 3.63) is 56.3 Å². The lowest BCUT2D eigenvalue weighted by atomic mass is 10.1. The van der Waals surface area contributed by atoms with Gasteiger partial charge in [0.2, 0.25) is 0 Å². The molecular formula is C19H20BrN3OS. The number of hydrogen-bond acceptors (Lipinski definition) is 4. The Morgan fingerprint density at radius 1 is 1.20 bits per heavy atom. The maximum atomic E-state index is 12.7. The first-order valence-electron chi connectivity index (χ1n) is 8.14.